The number of ether oxygens (including phenoxy) is 2. The van der Waals surface area contributed by atoms with E-state index in [2.05, 4.69) is 30.1 Å². The van der Waals surface area contributed by atoms with Gasteiger partial charge in [0.25, 0.3) is 5.91 Å². The Morgan fingerprint density at radius 1 is 1.07 bits per heavy atom. The Bertz CT molecular complexity index is 889. The SMILES string of the molecule is Cc1ccc(C)c(OCCCOc2ccc(/C=C3/SC(N)=NC3=O)cc2)c1. The molecule has 1 amide bonds. The summed E-state index contributed by atoms with van der Waals surface area (Å²) in [6.07, 6.45) is 2.57. The molecule has 6 heteroatoms. The van der Waals surface area contributed by atoms with Gasteiger partial charge in [-0.25, -0.2) is 0 Å². The summed E-state index contributed by atoms with van der Waals surface area (Å²) in [7, 11) is 0. The van der Waals surface area contributed by atoms with Crippen LogP contribution in [0, 0.1) is 13.8 Å². The van der Waals surface area contributed by atoms with Crippen molar-refractivity contribution in [3.05, 3.63) is 64.1 Å². The molecule has 2 aromatic rings. The number of amides is 1. The van der Waals surface area contributed by atoms with Crippen LogP contribution < -0.4 is 15.2 Å². The monoisotopic (exact) mass is 382 g/mol. The zero-order valence-electron chi connectivity index (χ0n) is 15.4. The van der Waals surface area contributed by atoms with Gasteiger partial charge in [0.05, 0.1) is 18.1 Å². The average Bonchev–Trinajstić information content (AvgIpc) is 2.96. The first-order valence-electron chi connectivity index (χ1n) is 8.72. The maximum absolute atomic E-state index is 11.6. The molecule has 0 atom stereocenters. The molecule has 1 aliphatic heterocycles. The minimum atomic E-state index is -0.290. The molecule has 0 radical (unpaired) electrons. The van der Waals surface area contributed by atoms with Crippen molar-refractivity contribution in [2.24, 2.45) is 10.7 Å². The van der Waals surface area contributed by atoms with Crippen LogP contribution >= 0.6 is 11.8 Å². The predicted molar refractivity (Wildman–Crippen MR) is 110 cm³/mol. The summed E-state index contributed by atoms with van der Waals surface area (Å²) in [6.45, 7) is 5.28. The van der Waals surface area contributed by atoms with E-state index in [-0.39, 0.29) is 11.1 Å². The molecule has 0 unspecified atom stereocenters. The number of carbonyl (C=O) groups is 1. The third kappa shape index (κ3) is 5.37. The molecule has 0 saturated heterocycles. The predicted octanol–water partition coefficient (Wildman–Crippen LogP) is 4.08. The van der Waals surface area contributed by atoms with Gasteiger partial charge in [-0.3, -0.25) is 4.79 Å². The number of carbonyl (C=O) groups excluding carboxylic acids is 1. The van der Waals surface area contributed by atoms with E-state index in [0.717, 1.165) is 29.0 Å². The summed E-state index contributed by atoms with van der Waals surface area (Å²) in [6, 6.07) is 13.8. The number of aliphatic imine (C=N–C) groups is 1. The average molecular weight is 382 g/mol. The van der Waals surface area contributed by atoms with E-state index in [1.807, 2.05) is 31.2 Å². The van der Waals surface area contributed by atoms with Gasteiger partial charge in [-0.2, -0.15) is 4.99 Å². The topological polar surface area (TPSA) is 73.9 Å². The van der Waals surface area contributed by atoms with Crippen LogP contribution in [0.3, 0.4) is 0 Å². The minimum Gasteiger partial charge on any atom is -0.493 e. The molecule has 1 heterocycles. The molecule has 27 heavy (non-hydrogen) atoms. The van der Waals surface area contributed by atoms with Gasteiger partial charge in [-0.05, 0) is 66.6 Å². The van der Waals surface area contributed by atoms with Crippen molar-refractivity contribution in [3.8, 4) is 11.5 Å². The van der Waals surface area contributed by atoms with E-state index in [1.54, 1.807) is 6.08 Å². The molecule has 5 nitrogen and oxygen atoms in total. The normalized spacial score (nSPS) is 15.1. The summed E-state index contributed by atoms with van der Waals surface area (Å²) in [4.78, 5) is 15.8. The quantitative estimate of drug-likeness (QED) is 0.577. The van der Waals surface area contributed by atoms with E-state index < -0.39 is 0 Å². The third-order valence-corrected chi connectivity index (χ3v) is 4.79. The van der Waals surface area contributed by atoms with Gasteiger partial charge in [-0.15, -0.1) is 0 Å². The second-order valence-electron chi connectivity index (χ2n) is 6.25. The maximum Gasteiger partial charge on any atom is 0.286 e. The molecule has 2 aromatic carbocycles. The number of thioether (sulfide) groups is 1. The Labute approximate surface area is 163 Å². The fourth-order valence-corrected chi connectivity index (χ4v) is 3.21. The molecule has 0 spiro atoms. The summed E-state index contributed by atoms with van der Waals surface area (Å²) in [5, 5.41) is 0.286. The summed E-state index contributed by atoms with van der Waals surface area (Å²) < 4.78 is 11.6. The smallest absolute Gasteiger partial charge is 0.286 e. The van der Waals surface area contributed by atoms with Crippen molar-refractivity contribution in [1.29, 1.82) is 0 Å². The van der Waals surface area contributed by atoms with E-state index in [1.165, 1.54) is 17.3 Å². The molecule has 0 aliphatic carbocycles. The molecule has 0 fully saturated rings. The van der Waals surface area contributed by atoms with E-state index in [4.69, 9.17) is 15.2 Å². The van der Waals surface area contributed by atoms with Crippen molar-refractivity contribution in [2.75, 3.05) is 13.2 Å². The molecular formula is C21H22N2O3S. The second kappa shape index (κ2) is 8.77. The van der Waals surface area contributed by atoms with Crippen LogP contribution in [0.5, 0.6) is 11.5 Å². The number of hydrogen-bond acceptors (Lipinski definition) is 5. The Balaban J connectivity index is 1.43. The fourth-order valence-electron chi connectivity index (χ4n) is 2.53. The number of benzene rings is 2. The lowest BCUT2D eigenvalue weighted by atomic mass is 10.1. The highest BCUT2D eigenvalue weighted by molar-refractivity contribution is 8.18. The first kappa shape index (κ1) is 19.0. The number of rotatable bonds is 7. The van der Waals surface area contributed by atoms with Gasteiger partial charge in [0.15, 0.2) is 5.17 Å². The van der Waals surface area contributed by atoms with Gasteiger partial charge >= 0.3 is 0 Å². The van der Waals surface area contributed by atoms with Crippen LogP contribution in [0.15, 0.2) is 52.4 Å². The van der Waals surface area contributed by atoms with Gasteiger partial charge in [0.1, 0.15) is 11.5 Å². The zero-order valence-corrected chi connectivity index (χ0v) is 16.2. The molecule has 0 aromatic heterocycles. The molecule has 0 bridgehead atoms. The highest BCUT2D eigenvalue weighted by Crippen LogP contribution is 2.27. The maximum atomic E-state index is 11.6. The fraction of sp³-hybridized carbons (Fsp3) is 0.238. The van der Waals surface area contributed by atoms with Crippen LogP contribution in [0.2, 0.25) is 0 Å². The summed E-state index contributed by atoms with van der Waals surface area (Å²) in [5.41, 5.74) is 8.78. The number of hydrogen-bond donors (Lipinski definition) is 1. The molecule has 140 valence electrons. The lowest BCUT2D eigenvalue weighted by Crippen LogP contribution is -2.05. The molecule has 2 N–H and O–H groups in total. The van der Waals surface area contributed by atoms with Gasteiger partial charge in [0, 0.05) is 6.42 Å². The highest BCUT2D eigenvalue weighted by Gasteiger charge is 2.19. The number of nitrogens with zero attached hydrogens (tertiary/aromatic N) is 1. The standard InChI is InChI=1S/C21H22N2O3S/c1-14-4-5-15(2)18(12-14)26-11-3-10-25-17-8-6-16(7-9-17)13-19-20(24)23-21(22)27-19/h4-9,12-13H,3,10-11H2,1-2H3,(H2,22,23,24)/b19-13+. The minimum absolute atomic E-state index is 0.286. The molecule has 3 rings (SSSR count). The Morgan fingerprint density at radius 2 is 1.81 bits per heavy atom. The van der Waals surface area contributed by atoms with Crippen molar-refractivity contribution >= 4 is 28.9 Å². The summed E-state index contributed by atoms with van der Waals surface area (Å²) >= 11 is 1.19. The number of aryl methyl sites for hydroxylation is 2. The first-order valence-corrected chi connectivity index (χ1v) is 9.54. The van der Waals surface area contributed by atoms with Crippen LogP contribution in [-0.4, -0.2) is 24.3 Å². The van der Waals surface area contributed by atoms with Crippen molar-refractivity contribution in [3.63, 3.8) is 0 Å². The van der Waals surface area contributed by atoms with Gasteiger partial charge in [-0.1, -0.05) is 24.3 Å². The third-order valence-electron chi connectivity index (χ3n) is 3.97. The van der Waals surface area contributed by atoms with Crippen molar-refractivity contribution < 1.29 is 14.3 Å². The molecule has 0 saturated carbocycles. The van der Waals surface area contributed by atoms with E-state index in [9.17, 15) is 4.79 Å². The second-order valence-corrected chi connectivity index (χ2v) is 7.32. The Kier molecular flexibility index (Phi) is 6.19. The van der Waals surface area contributed by atoms with Crippen molar-refractivity contribution in [1.82, 2.24) is 0 Å². The van der Waals surface area contributed by atoms with E-state index in [0.29, 0.717) is 18.1 Å². The Hall–Kier alpha value is -2.73. The van der Waals surface area contributed by atoms with Crippen LogP contribution in [0.4, 0.5) is 0 Å². The number of nitrogens with two attached hydrogens (primary N) is 1. The van der Waals surface area contributed by atoms with Crippen LogP contribution in [-0.2, 0) is 4.79 Å². The molecule has 1 aliphatic rings. The first-order chi connectivity index (χ1) is 13.0. The van der Waals surface area contributed by atoms with E-state index >= 15 is 0 Å². The highest BCUT2D eigenvalue weighted by atomic mass is 32.2. The Morgan fingerprint density at radius 3 is 2.52 bits per heavy atom. The van der Waals surface area contributed by atoms with Crippen molar-refractivity contribution in [2.45, 2.75) is 20.3 Å². The lowest BCUT2D eigenvalue weighted by molar-refractivity contribution is -0.113. The molecular weight excluding hydrogens is 360 g/mol. The number of amidine groups is 1. The summed E-state index contributed by atoms with van der Waals surface area (Å²) in [5.74, 6) is 1.42. The lowest BCUT2D eigenvalue weighted by Gasteiger charge is -2.11. The van der Waals surface area contributed by atoms with Crippen LogP contribution in [0.25, 0.3) is 6.08 Å². The largest absolute Gasteiger partial charge is 0.493 e. The van der Waals surface area contributed by atoms with Crippen LogP contribution in [0.1, 0.15) is 23.1 Å². The van der Waals surface area contributed by atoms with Gasteiger partial charge < -0.3 is 15.2 Å². The zero-order chi connectivity index (χ0) is 19.2. The van der Waals surface area contributed by atoms with Gasteiger partial charge in [0.2, 0.25) is 0 Å².